The highest BCUT2D eigenvalue weighted by Gasteiger charge is 2.22. The lowest BCUT2D eigenvalue weighted by molar-refractivity contribution is 0.0600. The van der Waals surface area contributed by atoms with Crippen LogP contribution in [-0.4, -0.2) is 32.8 Å². The zero-order valence-electron chi connectivity index (χ0n) is 14.2. The molecule has 27 heavy (non-hydrogen) atoms. The molecule has 0 fully saturated rings. The lowest BCUT2D eigenvalue weighted by Crippen LogP contribution is -2.11. The summed E-state index contributed by atoms with van der Waals surface area (Å²) < 4.78 is 12.1. The fraction of sp³-hybridized carbons (Fsp3) is 0.0526. The maximum Gasteiger partial charge on any atom is 0.341 e. The number of rotatable bonds is 4. The molecule has 3 heterocycles. The number of carbonyl (C=O) groups excluding carboxylic acids is 1. The Morgan fingerprint density at radius 3 is 2.63 bits per heavy atom. The van der Waals surface area contributed by atoms with E-state index in [0.29, 0.717) is 17.3 Å². The molecule has 0 unspecified atom stereocenters. The minimum atomic E-state index is -0.585. The Labute approximate surface area is 153 Å². The van der Waals surface area contributed by atoms with E-state index >= 15 is 0 Å². The zero-order valence-corrected chi connectivity index (χ0v) is 14.2. The molecule has 0 atom stereocenters. The van der Waals surface area contributed by atoms with E-state index < -0.39 is 5.97 Å². The Morgan fingerprint density at radius 1 is 1.11 bits per heavy atom. The maximum atomic E-state index is 12.1. The van der Waals surface area contributed by atoms with Gasteiger partial charge in [0.05, 0.1) is 24.6 Å². The number of ether oxygens (including phenoxy) is 2. The molecular formula is C19H14N4O4. The van der Waals surface area contributed by atoms with Crippen molar-refractivity contribution in [1.82, 2.24) is 19.7 Å². The highest BCUT2D eigenvalue weighted by molar-refractivity contribution is 5.96. The molecule has 0 aliphatic carbocycles. The minimum absolute atomic E-state index is 0.179. The molecule has 1 aromatic heterocycles. The van der Waals surface area contributed by atoms with E-state index in [4.69, 9.17) is 9.47 Å². The van der Waals surface area contributed by atoms with E-state index in [-0.39, 0.29) is 22.4 Å². The average molecular weight is 362 g/mol. The van der Waals surface area contributed by atoms with Crippen LogP contribution < -0.4 is 10.3 Å². The van der Waals surface area contributed by atoms with Gasteiger partial charge in [-0.1, -0.05) is 18.2 Å². The topological polar surface area (TPSA) is 99.1 Å². The Bertz CT molecular complexity index is 1120. The molecule has 0 radical (unpaired) electrons. The molecular weight excluding hydrogens is 348 g/mol. The summed E-state index contributed by atoms with van der Waals surface area (Å²) in [7, 11) is 1.27. The second-order valence-corrected chi connectivity index (χ2v) is 5.66. The molecule has 134 valence electrons. The molecule has 0 spiro atoms. The van der Waals surface area contributed by atoms with Crippen LogP contribution in [-0.2, 0) is 4.74 Å². The number of pyridine rings is 2. The number of nitrogens with zero attached hydrogens (tertiary/aromatic N) is 3. The van der Waals surface area contributed by atoms with Crippen LogP contribution in [0.15, 0.2) is 65.8 Å². The molecule has 0 saturated carbocycles. The van der Waals surface area contributed by atoms with Crippen LogP contribution in [0.25, 0.3) is 16.9 Å². The summed E-state index contributed by atoms with van der Waals surface area (Å²) in [5.74, 6) is 0.514. The molecule has 1 aromatic carbocycles. The summed E-state index contributed by atoms with van der Waals surface area (Å²) in [4.78, 5) is 28.3. The van der Waals surface area contributed by atoms with Gasteiger partial charge in [0.1, 0.15) is 17.0 Å². The van der Waals surface area contributed by atoms with E-state index in [1.165, 1.54) is 7.11 Å². The summed E-state index contributed by atoms with van der Waals surface area (Å²) in [6.07, 6.45) is 4.71. The molecule has 2 aliphatic rings. The number of aromatic nitrogens is 4. The number of H-pyrrole nitrogens is 1. The van der Waals surface area contributed by atoms with Crippen LogP contribution in [0.4, 0.5) is 0 Å². The van der Waals surface area contributed by atoms with Crippen molar-refractivity contribution >= 4 is 5.97 Å². The number of nitrogens with one attached hydrogen (secondary N) is 1. The number of hydrogen-bond acceptors (Lipinski definition) is 6. The molecule has 1 N–H and O–H groups in total. The molecule has 2 aliphatic heterocycles. The molecule has 0 bridgehead atoms. The van der Waals surface area contributed by atoms with Crippen molar-refractivity contribution in [3.8, 4) is 28.6 Å². The quantitative estimate of drug-likeness (QED) is 0.560. The molecule has 0 saturated heterocycles. The van der Waals surface area contributed by atoms with Crippen LogP contribution >= 0.6 is 0 Å². The first-order valence-electron chi connectivity index (χ1n) is 8.04. The van der Waals surface area contributed by atoms with E-state index in [2.05, 4.69) is 15.2 Å². The molecule has 8 nitrogen and oxygen atoms in total. The lowest BCUT2D eigenvalue weighted by atomic mass is 10.1. The first-order valence-corrected chi connectivity index (χ1v) is 8.04. The number of carbonyl (C=O) groups is 1. The van der Waals surface area contributed by atoms with Crippen molar-refractivity contribution < 1.29 is 14.3 Å². The average Bonchev–Trinajstić information content (AvgIpc) is 3.09. The SMILES string of the molecule is COC(=O)c1cn(-c2ccc(Oc3ccccc3)nc2)cc2c(=O)[nH]nc1-2. The van der Waals surface area contributed by atoms with Gasteiger partial charge in [0.2, 0.25) is 5.88 Å². The van der Waals surface area contributed by atoms with E-state index in [0.717, 1.165) is 0 Å². The van der Waals surface area contributed by atoms with Gasteiger partial charge in [-0.05, 0) is 18.2 Å². The van der Waals surface area contributed by atoms with Crippen LogP contribution in [0.2, 0.25) is 0 Å². The second-order valence-electron chi connectivity index (χ2n) is 5.66. The van der Waals surface area contributed by atoms with Crippen LogP contribution in [0.1, 0.15) is 10.4 Å². The van der Waals surface area contributed by atoms with Crippen molar-refractivity contribution in [3.05, 3.63) is 77.0 Å². The summed E-state index contributed by atoms with van der Waals surface area (Å²) in [6.45, 7) is 0. The monoisotopic (exact) mass is 362 g/mol. The van der Waals surface area contributed by atoms with Crippen LogP contribution in [0.5, 0.6) is 11.6 Å². The number of methoxy groups -OCH3 is 1. The summed E-state index contributed by atoms with van der Waals surface area (Å²) in [6, 6.07) is 12.8. The van der Waals surface area contributed by atoms with Crippen molar-refractivity contribution in [2.45, 2.75) is 0 Å². The van der Waals surface area contributed by atoms with Gasteiger partial charge in [-0.25, -0.2) is 14.9 Å². The normalized spacial score (nSPS) is 10.7. The predicted molar refractivity (Wildman–Crippen MR) is 96.5 cm³/mol. The highest BCUT2D eigenvalue weighted by Crippen LogP contribution is 2.24. The van der Waals surface area contributed by atoms with Gasteiger partial charge in [0, 0.05) is 18.5 Å². The first kappa shape index (κ1) is 16.5. The van der Waals surface area contributed by atoms with E-state index in [9.17, 15) is 9.59 Å². The largest absolute Gasteiger partial charge is 0.465 e. The fourth-order valence-electron chi connectivity index (χ4n) is 2.64. The molecule has 4 rings (SSSR count). The Hall–Kier alpha value is -3.94. The third kappa shape index (κ3) is 3.15. The van der Waals surface area contributed by atoms with Gasteiger partial charge in [-0.3, -0.25) is 4.79 Å². The fourth-order valence-corrected chi connectivity index (χ4v) is 2.64. The van der Waals surface area contributed by atoms with Crippen molar-refractivity contribution in [2.75, 3.05) is 7.11 Å². The predicted octanol–water partition coefficient (Wildman–Crippen LogP) is 2.64. The molecule has 0 amide bonds. The van der Waals surface area contributed by atoms with E-state index in [1.807, 2.05) is 30.3 Å². The lowest BCUT2D eigenvalue weighted by Gasteiger charge is -2.12. The molecule has 8 heteroatoms. The summed E-state index contributed by atoms with van der Waals surface area (Å²) in [5.41, 5.74) is 0.977. The number of hydrogen-bond donors (Lipinski definition) is 1. The maximum absolute atomic E-state index is 12.1. The van der Waals surface area contributed by atoms with Gasteiger partial charge < -0.3 is 14.0 Å². The zero-order chi connectivity index (χ0) is 18.8. The Balaban J connectivity index is 1.71. The first-order chi connectivity index (χ1) is 13.2. The second kappa shape index (κ2) is 6.75. The van der Waals surface area contributed by atoms with Gasteiger partial charge >= 0.3 is 5.97 Å². The van der Waals surface area contributed by atoms with Gasteiger partial charge in [-0.2, -0.15) is 5.10 Å². The van der Waals surface area contributed by atoms with Crippen molar-refractivity contribution in [3.63, 3.8) is 0 Å². The van der Waals surface area contributed by atoms with Crippen molar-refractivity contribution in [1.29, 1.82) is 0 Å². The smallest absolute Gasteiger partial charge is 0.341 e. The number of esters is 1. The van der Waals surface area contributed by atoms with Gasteiger partial charge in [0.25, 0.3) is 5.56 Å². The number of para-hydroxylation sites is 1. The highest BCUT2D eigenvalue weighted by atomic mass is 16.5. The standard InChI is InChI=1S/C19H14N4O4/c1-26-19(25)15-11-23(10-14-17(15)21-22-18(14)24)12-7-8-16(20-9-12)27-13-5-3-2-4-6-13/h2-11H,1H3,(H,22,24). The number of fused-ring (bicyclic) bond motifs is 1. The van der Waals surface area contributed by atoms with Crippen LogP contribution in [0, 0.1) is 0 Å². The number of benzene rings is 1. The third-order valence-corrected chi connectivity index (χ3v) is 3.95. The third-order valence-electron chi connectivity index (χ3n) is 3.95. The Kier molecular flexibility index (Phi) is 4.13. The number of aromatic amines is 1. The molecule has 2 aromatic rings. The van der Waals surface area contributed by atoms with Gasteiger partial charge in [0.15, 0.2) is 0 Å². The van der Waals surface area contributed by atoms with Crippen molar-refractivity contribution in [2.24, 2.45) is 0 Å². The van der Waals surface area contributed by atoms with Gasteiger partial charge in [-0.15, -0.1) is 0 Å². The van der Waals surface area contributed by atoms with E-state index in [1.54, 1.807) is 35.3 Å². The summed E-state index contributed by atoms with van der Waals surface area (Å²) in [5, 5.41) is 6.24. The minimum Gasteiger partial charge on any atom is -0.465 e. The van der Waals surface area contributed by atoms with Crippen LogP contribution in [0.3, 0.4) is 0 Å². The summed E-state index contributed by atoms with van der Waals surface area (Å²) >= 11 is 0. The Morgan fingerprint density at radius 2 is 1.93 bits per heavy atom.